The molecule has 0 aliphatic heterocycles. The highest BCUT2D eigenvalue weighted by molar-refractivity contribution is 7.12. The fourth-order valence-electron chi connectivity index (χ4n) is 3.41. The van der Waals surface area contributed by atoms with E-state index in [1.165, 1.54) is 16.2 Å². The molecule has 0 spiro atoms. The van der Waals surface area contributed by atoms with Crippen LogP contribution in [-0.2, 0) is 4.79 Å². The highest BCUT2D eigenvalue weighted by Gasteiger charge is 2.20. The van der Waals surface area contributed by atoms with Crippen molar-refractivity contribution in [1.29, 1.82) is 0 Å². The maximum absolute atomic E-state index is 12.9. The predicted octanol–water partition coefficient (Wildman–Crippen LogP) is 5.01. The number of likely N-dealkylation sites (N-methyl/N-ethyl adjacent to an activating group) is 1. The minimum Gasteiger partial charge on any atom is -0.329 e. The summed E-state index contributed by atoms with van der Waals surface area (Å²) in [4.78, 5) is 32.4. The summed E-state index contributed by atoms with van der Waals surface area (Å²) in [7, 11) is 0. The molecule has 0 aliphatic carbocycles. The van der Waals surface area contributed by atoms with Crippen LogP contribution in [0.4, 0.5) is 5.95 Å². The number of hydrogen-bond acceptors (Lipinski definition) is 4. The van der Waals surface area contributed by atoms with E-state index in [9.17, 15) is 9.59 Å². The Balaban J connectivity index is 1.61. The van der Waals surface area contributed by atoms with Crippen molar-refractivity contribution < 1.29 is 9.59 Å². The van der Waals surface area contributed by atoms with Gasteiger partial charge in [0.2, 0.25) is 11.9 Å². The monoisotopic (exact) mass is 444 g/mol. The number of carbonyl (C=O) groups is 2. The Kier molecular flexibility index (Phi) is 6.47. The number of carbonyl (C=O) groups excluding carboxylic acids is 2. The molecule has 4 aromatic rings. The molecule has 0 saturated carbocycles. The van der Waals surface area contributed by atoms with Crippen molar-refractivity contribution in [3.8, 4) is 16.9 Å². The van der Waals surface area contributed by atoms with Gasteiger partial charge in [-0.3, -0.25) is 19.5 Å². The lowest BCUT2D eigenvalue weighted by Crippen LogP contribution is -2.37. The molecule has 162 valence electrons. The first-order valence-electron chi connectivity index (χ1n) is 10.4. The minimum absolute atomic E-state index is 0.0470. The van der Waals surface area contributed by atoms with Gasteiger partial charge in [-0.15, -0.1) is 11.3 Å². The van der Waals surface area contributed by atoms with E-state index in [1.54, 1.807) is 6.07 Å². The zero-order chi connectivity index (χ0) is 22.5. The molecule has 0 radical (unpaired) electrons. The Hall–Kier alpha value is -3.71. The number of aromatic nitrogens is 2. The van der Waals surface area contributed by atoms with Crippen LogP contribution in [0.1, 0.15) is 22.2 Å². The summed E-state index contributed by atoms with van der Waals surface area (Å²) in [5.41, 5.74) is 3.72. The third kappa shape index (κ3) is 4.78. The molecule has 0 fully saturated rings. The van der Waals surface area contributed by atoms with E-state index in [0.717, 1.165) is 22.5 Å². The topological polar surface area (TPSA) is 67.2 Å². The van der Waals surface area contributed by atoms with Gasteiger partial charge in [-0.05, 0) is 43.0 Å². The van der Waals surface area contributed by atoms with E-state index in [1.807, 2.05) is 90.7 Å². The van der Waals surface area contributed by atoms with Crippen LogP contribution in [0.2, 0.25) is 0 Å². The molecule has 2 heterocycles. The second-order valence-electron chi connectivity index (χ2n) is 7.37. The Morgan fingerprint density at radius 2 is 1.88 bits per heavy atom. The van der Waals surface area contributed by atoms with E-state index >= 15 is 0 Å². The highest BCUT2D eigenvalue weighted by atomic mass is 32.1. The van der Waals surface area contributed by atoms with Crippen LogP contribution >= 0.6 is 11.3 Å². The molecule has 2 aromatic heterocycles. The summed E-state index contributed by atoms with van der Waals surface area (Å²) < 4.78 is 1.87. The molecule has 32 heavy (non-hydrogen) atoms. The molecular weight excluding hydrogens is 420 g/mol. The number of anilines is 1. The molecule has 0 bridgehead atoms. The maximum atomic E-state index is 12.9. The molecule has 0 saturated heterocycles. The lowest BCUT2D eigenvalue weighted by molar-refractivity contribution is -0.116. The van der Waals surface area contributed by atoms with Gasteiger partial charge in [0.25, 0.3) is 5.91 Å². The molecule has 4 rings (SSSR count). The van der Waals surface area contributed by atoms with Crippen LogP contribution in [0, 0.1) is 6.92 Å². The van der Waals surface area contributed by atoms with Crippen molar-refractivity contribution in [3.63, 3.8) is 0 Å². The van der Waals surface area contributed by atoms with E-state index in [4.69, 9.17) is 0 Å². The Morgan fingerprint density at radius 3 is 2.56 bits per heavy atom. The molecular formula is C25H24N4O2S. The van der Waals surface area contributed by atoms with Crippen molar-refractivity contribution in [3.05, 3.63) is 88.7 Å². The van der Waals surface area contributed by atoms with E-state index in [-0.39, 0.29) is 18.4 Å². The first kappa shape index (κ1) is 21.5. The predicted molar refractivity (Wildman–Crippen MR) is 128 cm³/mol. The number of nitrogens with one attached hydrogen (secondary N) is 1. The Morgan fingerprint density at radius 1 is 1.06 bits per heavy atom. The molecule has 7 heteroatoms. The Labute approximate surface area is 191 Å². The highest BCUT2D eigenvalue weighted by Crippen LogP contribution is 2.24. The lowest BCUT2D eigenvalue weighted by Gasteiger charge is -2.19. The van der Waals surface area contributed by atoms with Gasteiger partial charge in [-0.1, -0.05) is 48.5 Å². The fraction of sp³-hybridized carbons (Fsp3) is 0.160. The summed E-state index contributed by atoms with van der Waals surface area (Å²) in [6.07, 6.45) is 1.91. The molecule has 0 unspecified atom stereocenters. The molecule has 2 amide bonds. The molecule has 0 atom stereocenters. The van der Waals surface area contributed by atoms with Gasteiger partial charge in [0.05, 0.1) is 10.6 Å². The van der Waals surface area contributed by atoms with Crippen LogP contribution in [0.3, 0.4) is 0 Å². The number of amides is 2. The van der Waals surface area contributed by atoms with Gasteiger partial charge in [0.1, 0.15) is 6.54 Å². The number of rotatable bonds is 7. The number of imidazole rings is 1. The maximum Gasteiger partial charge on any atom is 0.264 e. The van der Waals surface area contributed by atoms with E-state index in [0.29, 0.717) is 17.4 Å². The van der Waals surface area contributed by atoms with E-state index in [2.05, 4.69) is 10.3 Å². The summed E-state index contributed by atoms with van der Waals surface area (Å²) >= 11 is 1.37. The third-order valence-electron chi connectivity index (χ3n) is 5.04. The second-order valence-corrected chi connectivity index (χ2v) is 8.32. The van der Waals surface area contributed by atoms with Gasteiger partial charge >= 0.3 is 0 Å². The van der Waals surface area contributed by atoms with E-state index < -0.39 is 0 Å². The first-order valence-corrected chi connectivity index (χ1v) is 11.3. The summed E-state index contributed by atoms with van der Waals surface area (Å²) in [6, 6.07) is 21.4. The second kappa shape index (κ2) is 9.62. The van der Waals surface area contributed by atoms with Gasteiger partial charge in [-0.2, -0.15) is 0 Å². The van der Waals surface area contributed by atoms with Crippen molar-refractivity contribution in [2.24, 2.45) is 0 Å². The molecule has 6 nitrogen and oxygen atoms in total. The Bertz CT molecular complexity index is 1220. The van der Waals surface area contributed by atoms with Crippen LogP contribution in [-0.4, -0.2) is 39.4 Å². The molecule has 1 N–H and O–H groups in total. The first-order chi connectivity index (χ1) is 15.5. The number of aryl methyl sites for hydroxylation is 1. The van der Waals surface area contributed by atoms with Crippen LogP contribution < -0.4 is 5.32 Å². The smallest absolute Gasteiger partial charge is 0.264 e. The van der Waals surface area contributed by atoms with Crippen molar-refractivity contribution in [1.82, 2.24) is 14.5 Å². The van der Waals surface area contributed by atoms with Crippen molar-refractivity contribution in [2.45, 2.75) is 13.8 Å². The van der Waals surface area contributed by atoms with Crippen LogP contribution in [0.15, 0.2) is 78.3 Å². The normalized spacial score (nSPS) is 10.7. The summed E-state index contributed by atoms with van der Waals surface area (Å²) in [6.45, 7) is 4.27. The van der Waals surface area contributed by atoms with Crippen molar-refractivity contribution >= 4 is 29.1 Å². The SMILES string of the molecule is CCN(CC(=O)Nc1nc(-c2ccccc2)cn1-c1cccc(C)c1)C(=O)c1cccs1. The standard InChI is InChI=1S/C25H24N4O2S/c1-3-28(24(31)22-13-8-14-32-22)17-23(30)27-25-26-21(19-10-5-4-6-11-19)16-29(25)20-12-7-9-18(2)15-20/h4-16H,3,17H2,1-2H3,(H,26,27,30). The minimum atomic E-state index is -0.295. The lowest BCUT2D eigenvalue weighted by atomic mass is 10.2. The average molecular weight is 445 g/mol. The fourth-order valence-corrected chi connectivity index (χ4v) is 4.10. The molecule has 0 aliphatic rings. The van der Waals surface area contributed by atoms with Crippen LogP contribution in [0.5, 0.6) is 0 Å². The third-order valence-corrected chi connectivity index (χ3v) is 5.90. The van der Waals surface area contributed by atoms with Gasteiger partial charge in [-0.25, -0.2) is 4.98 Å². The summed E-state index contributed by atoms with van der Waals surface area (Å²) in [5.74, 6) is -0.0281. The number of hydrogen-bond donors (Lipinski definition) is 1. The molecule has 2 aromatic carbocycles. The number of thiophene rings is 1. The average Bonchev–Trinajstić information content (AvgIpc) is 3.48. The summed E-state index contributed by atoms with van der Waals surface area (Å²) in [5, 5.41) is 4.76. The number of nitrogens with zero attached hydrogens (tertiary/aromatic N) is 3. The largest absolute Gasteiger partial charge is 0.329 e. The quantitative estimate of drug-likeness (QED) is 0.436. The van der Waals surface area contributed by atoms with Gasteiger partial charge in [0, 0.05) is 24.0 Å². The zero-order valence-electron chi connectivity index (χ0n) is 18.0. The number of benzene rings is 2. The van der Waals surface area contributed by atoms with Gasteiger partial charge in [0.15, 0.2) is 0 Å². The van der Waals surface area contributed by atoms with Gasteiger partial charge < -0.3 is 4.90 Å². The van der Waals surface area contributed by atoms with Crippen LogP contribution in [0.25, 0.3) is 16.9 Å². The van der Waals surface area contributed by atoms with Crippen molar-refractivity contribution in [2.75, 3.05) is 18.4 Å². The zero-order valence-corrected chi connectivity index (χ0v) is 18.8.